The van der Waals surface area contributed by atoms with Gasteiger partial charge in [-0.1, -0.05) is 53.7 Å². The molecule has 22 heavy (non-hydrogen) atoms. The first-order chi connectivity index (χ1) is 10.6. The monoisotopic (exact) mass is 310 g/mol. The summed E-state index contributed by atoms with van der Waals surface area (Å²) >= 11 is 1.65. The van der Waals surface area contributed by atoms with Gasteiger partial charge in [-0.3, -0.25) is 0 Å². The lowest BCUT2D eigenvalue weighted by molar-refractivity contribution is 0.751. The highest BCUT2D eigenvalue weighted by atomic mass is 32.2. The van der Waals surface area contributed by atoms with Crippen LogP contribution in [-0.2, 0) is 5.75 Å². The van der Waals surface area contributed by atoms with Crippen LogP contribution in [0.15, 0.2) is 47.6 Å². The van der Waals surface area contributed by atoms with Gasteiger partial charge in [-0.05, 0) is 54.0 Å². The smallest absolute Gasteiger partial charge is 0.187 e. The average Bonchev–Trinajstić information content (AvgIpc) is 2.96. The summed E-state index contributed by atoms with van der Waals surface area (Å²) in [5.41, 5.74) is 5.95. The first-order valence-corrected chi connectivity index (χ1v) is 8.16. The van der Waals surface area contributed by atoms with Gasteiger partial charge < -0.3 is 0 Å². The second-order valence-electron chi connectivity index (χ2n) is 5.44. The highest BCUT2D eigenvalue weighted by Gasteiger charge is 2.11. The van der Waals surface area contributed by atoms with E-state index in [4.69, 9.17) is 0 Å². The fraction of sp³-hybridized carbons (Fsp3) is 0.235. The van der Waals surface area contributed by atoms with Crippen molar-refractivity contribution in [3.63, 3.8) is 0 Å². The molecule has 3 aromatic rings. The Morgan fingerprint density at radius 1 is 1.00 bits per heavy atom. The number of hydrogen-bond donors (Lipinski definition) is 0. The Balaban J connectivity index is 1.85. The zero-order chi connectivity index (χ0) is 15.5. The molecule has 0 aliphatic carbocycles. The van der Waals surface area contributed by atoms with Crippen molar-refractivity contribution < 1.29 is 0 Å². The first kappa shape index (κ1) is 14.8. The average molecular weight is 310 g/mol. The number of nitrogens with zero attached hydrogens (tertiary/aromatic N) is 4. The molecule has 2 aromatic carbocycles. The summed E-state index contributed by atoms with van der Waals surface area (Å²) in [5, 5.41) is 13.0. The van der Waals surface area contributed by atoms with E-state index in [-0.39, 0.29) is 0 Å². The number of thioether (sulfide) groups is 1. The third-order valence-electron chi connectivity index (χ3n) is 3.48. The van der Waals surface area contributed by atoms with E-state index < -0.39 is 0 Å². The van der Waals surface area contributed by atoms with E-state index in [1.165, 1.54) is 16.7 Å². The maximum atomic E-state index is 4.17. The van der Waals surface area contributed by atoms with Crippen molar-refractivity contribution in [1.29, 1.82) is 0 Å². The van der Waals surface area contributed by atoms with E-state index in [1.807, 2.05) is 4.68 Å². The number of rotatable bonds is 4. The number of hydrogen-bond acceptors (Lipinski definition) is 4. The van der Waals surface area contributed by atoms with Crippen LogP contribution in [0.2, 0.25) is 0 Å². The van der Waals surface area contributed by atoms with Crippen molar-refractivity contribution in [2.75, 3.05) is 0 Å². The summed E-state index contributed by atoms with van der Waals surface area (Å²) in [6.07, 6.45) is 0. The number of aryl methyl sites for hydroxylation is 3. The summed E-state index contributed by atoms with van der Waals surface area (Å²) in [6.45, 7) is 6.26. The van der Waals surface area contributed by atoms with E-state index in [0.29, 0.717) is 0 Å². The van der Waals surface area contributed by atoms with Crippen molar-refractivity contribution in [1.82, 2.24) is 20.2 Å². The van der Waals surface area contributed by atoms with E-state index in [0.717, 1.165) is 22.2 Å². The summed E-state index contributed by atoms with van der Waals surface area (Å²) < 4.78 is 1.82. The molecule has 0 aliphatic rings. The highest BCUT2D eigenvalue weighted by Crippen LogP contribution is 2.24. The van der Waals surface area contributed by atoms with Crippen LogP contribution in [0.5, 0.6) is 0 Å². The number of aromatic nitrogens is 4. The van der Waals surface area contributed by atoms with Crippen molar-refractivity contribution in [3.05, 3.63) is 64.7 Å². The molecule has 0 saturated heterocycles. The predicted octanol–water partition coefficient (Wildman–Crippen LogP) is 3.88. The molecule has 0 amide bonds. The Kier molecular flexibility index (Phi) is 4.24. The van der Waals surface area contributed by atoms with Crippen molar-refractivity contribution >= 4 is 11.8 Å². The van der Waals surface area contributed by atoms with Crippen LogP contribution in [0.1, 0.15) is 22.3 Å². The molecular weight excluding hydrogens is 292 g/mol. The molecule has 0 spiro atoms. The maximum Gasteiger partial charge on any atom is 0.214 e. The molecule has 1 aromatic heterocycles. The minimum Gasteiger partial charge on any atom is -0.187 e. The third kappa shape index (κ3) is 3.20. The first-order valence-electron chi connectivity index (χ1n) is 7.18. The summed E-state index contributed by atoms with van der Waals surface area (Å²) in [4.78, 5) is 0. The second-order valence-corrected chi connectivity index (χ2v) is 6.38. The SMILES string of the molecule is Cc1cccc(CSc2nnnn2-c2cc(C)ccc2C)c1. The van der Waals surface area contributed by atoms with Gasteiger partial charge >= 0.3 is 0 Å². The van der Waals surface area contributed by atoms with Gasteiger partial charge in [-0.15, -0.1) is 5.10 Å². The zero-order valence-electron chi connectivity index (χ0n) is 12.9. The highest BCUT2D eigenvalue weighted by molar-refractivity contribution is 7.98. The fourth-order valence-corrected chi connectivity index (χ4v) is 3.14. The molecule has 0 saturated carbocycles. The van der Waals surface area contributed by atoms with Gasteiger partial charge in [0.25, 0.3) is 0 Å². The van der Waals surface area contributed by atoms with Crippen LogP contribution in [0, 0.1) is 20.8 Å². The molecule has 1 heterocycles. The van der Waals surface area contributed by atoms with Crippen LogP contribution in [-0.4, -0.2) is 20.2 Å². The van der Waals surface area contributed by atoms with Gasteiger partial charge in [0.05, 0.1) is 5.69 Å². The lowest BCUT2D eigenvalue weighted by Gasteiger charge is -2.08. The van der Waals surface area contributed by atoms with Crippen LogP contribution in [0.4, 0.5) is 0 Å². The predicted molar refractivity (Wildman–Crippen MR) is 89.4 cm³/mol. The Hall–Kier alpha value is -2.14. The molecular formula is C17H18N4S. The lowest BCUT2D eigenvalue weighted by atomic mass is 10.1. The van der Waals surface area contributed by atoms with Gasteiger partial charge in [0.2, 0.25) is 5.16 Å². The molecule has 0 radical (unpaired) electrons. The molecule has 0 atom stereocenters. The van der Waals surface area contributed by atoms with Crippen LogP contribution in [0.3, 0.4) is 0 Å². The number of tetrazole rings is 1. The molecule has 0 aliphatic heterocycles. The van der Waals surface area contributed by atoms with Gasteiger partial charge in [-0.25, -0.2) is 0 Å². The fourth-order valence-electron chi connectivity index (χ4n) is 2.32. The van der Waals surface area contributed by atoms with Gasteiger partial charge in [0.15, 0.2) is 0 Å². The van der Waals surface area contributed by atoms with Gasteiger partial charge in [0.1, 0.15) is 0 Å². The van der Waals surface area contributed by atoms with Crippen molar-refractivity contribution in [2.45, 2.75) is 31.7 Å². The zero-order valence-corrected chi connectivity index (χ0v) is 13.8. The van der Waals surface area contributed by atoms with E-state index in [2.05, 4.69) is 78.8 Å². The Morgan fingerprint density at radius 3 is 2.64 bits per heavy atom. The largest absolute Gasteiger partial charge is 0.214 e. The molecule has 3 rings (SSSR count). The van der Waals surface area contributed by atoms with Crippen molar-refractivity contribution in [2.24, 2.45) is 0 Å². The van der Waals surface area contributed by atoms with E-state index in [9.17, 15) is 0 Å². The van der Waals surface area contributed by atoms with Gasteiger partial charge in [-0.2, -0.15) is 4.68 Å². The minimum absolute atomic E-state index is 0.815. The Labute approximate surface area is 134 Å². The number of benzene rings is 2. The summed E-state index contributed by atoms with van der Waals surface area (Å²) in [6, 6.07) is 14.8. The normalized spacial score (nSPS) is 10.9. The Morgan fingerprint density at radius 2 is 1.82 bits per heavy atom. The molecule has 0 unspecified atom stereocenters. The third-order valence-corrected chi connectivity index (χ3v) is 4.47. The van der Waals surface area contributed by atoms with Crippen molar-refractivity contribution in [3.8, 4) is 5.69 Å². The molecule has 5 heteroatoms. The van der Waals surface area contributed by atoms with Crippen LogP contribution in [0.25, 0.3) is 5.69 Å². The topological polar surface area (TPSA) is 43.6 Å². The molecule has 112 valence electrons. The molecule has 4 nitrogen and oxygen atoms in total. The summed E-state index contributed by atoms with van der Waals surface area (Å²) in [7, 11) is 0. The van der Waals surface area contributed by atoms with Crippen LogP contribution >= 0.6 is 11.8 Å². The molecule has 0 bridgehead atoms. The molecule has 0 fully saturated rings. The Bertz CT molecular complexity index is 795. The standard InChI is InChI=1S/C17H18N4S/c1-12-5-4-6-15(9-12)11-22-17-18-19-20-21(17)16-10-13(2)7-8-14(16)3/h4-10H,11H2,1-3H3. The summed E-state index contributed by atoms with van der Waals surface area (Å²) in [5.74, 6) is 0.854. The minimum atomic E-state index is 0.815. The van der Waals surface area contributed by atoms with Gasteiger partial charge in [0, 0.05) is 5.75 Å². The molecule has 0 N–H and O–H groups in total. The van der Waals surface area contributed by atoms with E-state index in [1.54, 1.807) is 11.8 Å². The van der Waals surface area contributed by atoms with Crippen LogP contribution < -0.4 is 0 Å². The maximum absolute atomic E-state index is 4.17. The lowest BCUT2D eigenvalue weighted by Crippen LogP contribution is -2.02. The van der Waals surface area contributed by atoms with E-state index >= 15 is 0 Å². The quantitative estimate of drug-likeness (QED) is 0.686. The second kappa shape index (κ2) is 6.32.